The average Bonchev–Trinajstić information content (AvgIpc) is 3.09. The molecule has 0 radical (unpaired) electrons. The number of likely N-dealkylation sites (N-methyl/N-ethyl adjacent to an activating group) is 1. The van der Waals surface area contributed by atoms with Crippen LogP contribution in [0.3, 0.4) is 0 Å². The fourth-order valence-corrected chi connectivity index (χ4v) is 5.99. The van der Waals surface area contributed by atoms with Crippen molar-refractivity contribution in [2.24, 2.45) is 0 Å². The van der Waals surface area contributed by atoms with Crippen molar-refractivity contribution in [2.75, 3.05) is 18.9 Å². The number of rotatable bonds is 4. The largest absolute Gasteiger partial charge is 0.324 e. The zero-order valence-electron chi connectivity index (χ0n) is 24.0. The van der Waals surface area contributed by atoms with E-state index in [4.69, 9.17) is 4.98 Å². The van der Waals surface area contributed by atoms with E-state index in [1.807, 2.05) is 30.7 Å². The first-order chi connectivity index (χ1) is 17.8. The van der Waals surface area contributed by atoms with E-state index in [1.165, 1.54) is 16.7 Å². The first-order valence-electron chi connectivity index (χ1n) is 13.3. The molecule has 0 saturated carbocycles. The van der Waals surface area contributed by atoms with Gasteiger partial charge in [0.05, 0.1) is 5.69 Å². The molecule has 0 bridgehead atoms. The van der Waals surface area contributed by atoms with Gasteiger partial charge in [0.25, 0.3) is 5.56 Å². The minimum absolute atomic E-state index is 0.0667. The van der Waals surface area contributed by atoms with Gasteiger partial charge in [0, 0.05) is 53.7 Å². The Kier molecular flexibility index (Phi) is 6.21. The molecule has 4 aromatic rings. The van der Waals surface area contributed by atoms with Crippen LogP contribution in [0.2, 0.25) is 0 Å². The van der Waals surface area contributed by atoms with E-state index in [0.29, 0.717) is 17.0 Å². The van der Waals surface area contributed by atoms with Gasteiger partial charge in [0.15, 0.2) is 5.65 Å². The molecule has 0 amide bonds. The second kappa shape index (κ2) is 9.05. The van der Waals surface area contributed by atoms with Gasteiger partial charge in [-0.1, -0.05) is 34.6 Å². The van der Waals surface area contributed by atoms with Gasteiger partial charge in [-0.15, -0.1) is 0 Å². The fourth-order valence-electron chi connectivity index (χ4n) is 5.99. The number of benzene rings is 1. The van der Waals surface area contributed by atoms with Gasteiger partial charge in [-0.25, -0.2) is 14.3 Å². The molecule has 3 aromatic heterocycles. The molecule has 1 aliphatic heterocycles. The normalized spacial score (nSPS) is 15.7. The summed E-state index contributed by atoms with van der Waals surface area (Å²) in [5.41, 5.74) is 7.18. The third-order valence-corrected chi connectivity index (χ3v) is 7.32. The van der Waals surface area contributed by atoms with Crippen LogP contribution in [0.5, 0.6) is 0 Å². The van der Waals surface area contributed by atoms with Gasteiger partial charge < -0.3 is 10.2 Å². The van der Waals surface area contributed by atoms with Crippen LogP contribution in [0.4, 0.5) is 11.6 Å². The summed E-state index contributed by atoms with van der Waals surface area (Å²) in [4.78, 5) is 29.8. The van der Waals surface area contributed by atoms with Crippen LogP contribution in [0.15, 0.2) is 41.5 Å². The van der Waals surface area contributed by atoms with E-state index in [2.05, 4.69) is 80.9 Å². The summed E-state index contributed by atoms with van der Waals surface area (Å²) in [5, 5.41) is 3.91. The lowest BCUT2D eigenvalue weighted by Crippen LogP contribution is -2.40. The second-order valence-electron chi connectivity index (χ2n) is 12.6. The van der Waals surface area contributed by atoms with Crippen LogP contribution < -0.4 is 10.9 Å². The summed E-state index contributed by atoms with van der Waals surface area (Å²) < 4.78 is 3.65. The standard InChI is InChI=1S/C30H39N7O/c1-18(2)36-27(38)23-15-32-28(34-26(23)37(36)22-10-11-31-24(14-22)29(4,5)6)33-21-12-19(3)25-20(13-21)16-35(9)17-30(25,7)8/h10-15,18H,16-17H2,1-9H3,(H,32,33,34). The van der Waals surface area contributed by atoms with Crippen molar-refractivity contribution < 1.29 is 0 Å². The van der Waals surface area contributed by atoms with Crippen molar-refractivity contribution in [3.63, 3.8) is 0 Å². The fraction of sp³-hybridized carbons (Fsp3) is 0.467. The maximum absolute atomic E-state index is 13.4. The number of nitrogens with one attached hydrogen (secondary N) is 1. The summed E-state index contributed by atoms with van der Waals surface area (Å²) in [7, 11) is 2.17. The van der Waals surface area contributed by atoms with Crippen LogP contribution in [0, 0.1) is 6.92 Å². The van der Waals surface area contributed by atoms with Gasteiger partial charge in [0.2, 0.25) is 5.95 Å². The number of anilines is 2. The third-order valence-electron chi connectivity index (χ3n) is 7.32. The molecule has 1 N–H and O–H groups in total. The zero-order chi connectivity index (χ0) is 27.6. The zero-order valence-corrected chi connectivity index (χ0v) is 24.0. The molecule has 1 aliphatic rings. The molecule has 0 atom stereocenters. The molecule has 0 spiro atoms. The number of pyridine rings is 1. The summed E-state index contributed by atoms with van der Waals surface area (Å²) in [5.74, 6) is 0.458. The Hall–Kier alpha value is -3.52. The first-order valence-corrected chi connectivity index (χ1v) is 13.3. The van der Waals surface area contributed by atoms with Crippen molar-refractivity contribution in [2.45, 2.75) is 78.8 Å². The molecule has 4 heterocycles. The quantitative estimate of drug-likeness (QED) is 0.381. The predicted octanol–water partition coefficient (Wildman–Crippen LogP) is 5.63. The number of hydrogen-bond acceptors (Lipinski definition) is 6. The van der Waals surface area contributed by atoms with Crippen LogP contribution in [0.25, 0.3) is 16.7 Å². The molecular formula is C30H39N7O. The maximum atomic E-state index is 13.4. The molecule has 8 heteroatoms. The molecule has 0 unspecified atom stereocenters. The van der Waals surface area contributed by atoms with E-state index >= 15 is 0 Å². The number of fused-ring (bicyclic) bond motifs is 2. The Balaban J connectivity index is 1.63. The topological polar surface area (TPSA) is 80.9 Å². The Morgan fingerprint density at radius 1 is 1.11 bits per heavy atom. The van der Waals surface area contributed by atoms with E-state index in [1.54, 1.807) is 17.1 Å². The lowest BCUT2D eigenvalue weighted by Gasteiger charge is -2.39. The molecule has 1 aromatic carbocycles. The Bertz CT molecular complexity index is 1590. The Labute approximate surface area is 224 Å². The summed E-state index contributed by atoms with van der Waals surface area (Å²) in [6.07, 6.45) is 3.43. The van der Waals surface area contributed by atoms with Gasteiger partial charge in [-0.05, 0) is 68.8 Å². The van der Waals surface area contributed by atoms with Crippen molar-refractivity contribution in [1.82, 2.24) is 29.2 Å². The highest BCUT2D eigenvalue weighted by atomic mass is 16.1. The minimum atomic E-state index is -0.128. The van der Waals surface area contributed by atoms with Gasteiger partial charge >= 0.3 is 0 Å². The van der Waals surface area contributed by atoms with Gasteiger partial charge in [0.1, 0.15) is 5.39 Å². The van der Waals surface area contributed by atoms with Crippen molar-refractivity contribution >= 4 is 22.7 Å². The summed E-state index contributed by atoms with van der Waals surface area (Å²) >= 11 is 0. The highest BCUT2D eigenvalue weighted by Crippen LogP contribution is 2.37. The molecule has 8 nitrogen and oxygen atoms in total. The van der Waals surface area contributed by atoms with Crippen molar-refractivity contribution in [3.8, 4) is 5.69 Å². The average molecular weight is 514 g/mol. The van der Waals surface area contributed by atoms with Crippen LogP contribution in [-0.4, -0.2) is 42.8 Å². The number of aryl methyl sites for hydroxylation is 1. The maximum Gasteiger partial charge on any atom is 0.278 e. The van der Waals surface area contributed by atoms with Crippen LogP contribution in [-0.2, 0) is 17.4 Å². The molecule has 38 heavy (non-hydrogen) atoms. The number of aromatic nitrogens is 5. The Morgan fingerprint density at radius 2 is 1.84 bits per heavy atom. The van der Waals surface area contributed by atoms with E-state index < -0.39 is 0 Å². The lowest BCUT2D eigenvalue weighted by molar-refractivity contribution is 0.235. The number of hydrogen-bond donors (Lipinski definition) is 1. The summed E-state index contributed by atoms with van der Waals surface area (Å²) in [6, 6.07) is 8.27. The smallest absolute Gasteiger partial charge is 0.278 e. The lowest BCUT2D eigenvalue weighted by atomic mass is 9.76. The second-order valence-corrected chi connectivity index (χ2v) is 12.6. The van der Waals surface area contributed by atoms with Gasteiger partial charge in [-0.3, -0.25) is 9.78 Å². The van der Waals surface area contributed by atoms with Crippen molar-refractivity contribution in [1.29, 1.82) is 0 Å². The molecule has 5 rings (SSSR count). The highest BCUT2D eigenvalue weighted by molar-refractivity contribution is 5.77. The first kappa shape index (κ1) is 26.1. The van der Waals surface area contributed by atoms with Crippen molar-refractivity contribution in [3.05, 3.63) is 69.4 Å². The van der Waals surface area contributed by atoms with Crippen LogP contribution >= 0.6 is 0 Å². The predicted molar refractivity (Wildman–Crippen MR) is 154 cm³/mol. The Morgan fingerprint density at radius 3 is 2.53 bits per heavy atom. The molecule has 200 valence electrons. The highest BCUT2D eigenvalue weighted by Gasteiger charge is 2.32. The molecule has 0 fully saturated rings. The monoisotopic (exact) mass is 513 g/mol. The number of nitrogens with zero attached hydrogens (tertiary/aromatic N) is 6. The molecule has 0 aliphatic carbocycles. The minimum Gasteiger partial charge on any atom is -0.324 e. The van der Waals surface area contributed by atoms with E-state index in [0.717, 1.165) is 30.2 Å². The van der Waals surface area contributed by atoms with E-state index in [9.17, 15) is 4.79 Å². The van der Waals surface area contributed by atoms with Gasteiger partial charge in [-0.2, -0.15) is 4.98 Å². The van der Waals surface area contributed by atoms with Crippen LogP contribution in [0.1, 0.15) is 76.9 Å². The SMILES string of the molecule is Cc1cc(Nc2ncc3c(=O)n(C(C)C)n(-c4ccnc(C(C)(C)C)c4)c3n2)cc2c1C(C)(C)CN(C)C2. The molecule has 0 saturated heterocycles. The molecular weight excluding hydrogens is 474 g/mol. The summed E-state index contributed by atoms with van der Waals surface area (Å²) in [6.45, 7) is 19.1. The third kappa shape index (κ3) is 4.51. The van der Waals surface area contributed by atoms with E-state index in [-0.39, 0.29) is 22.4 Å².